The normalized spacial score (nSPS) is 13.2. The van der Waals surface area contributed by atoms with Gasteiger partial charge in [0.15, 0.2) is 5.58 Å². The van der Waals surface area contributed by atoms with E-state index in [1.165, 1.54) is 26.0 Å². The Bertz CT molecular complexity index is 608. The van der Waals surface area contributed by atoms with Gasteiger partial charge in [-0.15, -0.1) is 0 Å². The maximum absolute atomic E-state index is 13.9. The molecule has 0 unspecified atom stereocenters. The molecular formula is C11H12F2N2O2. The zero-order valence-corrected chi connectivity index (χ0v) is 9.38. The second kappa shape index (κ2) is 3.40. The summed E-state index contributed by atoms with van der Waals surface area (Å²) in [6.45, 7) is 2.48. The molecule has 1 aromatic carbocycles. The molecule has 2 aromatic rings. The number of benzene rings is 1. The summed E-state index contributed by atoms with van der Waals surface area (Å²) in [6, 6.07) is 3.72. The van der Waals surface area contributed by atoms with Crippen molar-refractivity contribution in [2.75, 3.05) is 0 Å². The minimum atomic E-state index is -3.21. The smallest absolute Gasteiger partial charge is 0.408 e. The highest BCUT2D eigenvalue weighted by molar-refractivity contribution is 5.73. The highest BCUT2D eigenvalue weighted by atomic mass is 19.3. The first-order chi connectivity index (χ1) is 7.72. The van der Waals surface area contributed by atoms with Crippen molar-refractivity contribution in [3.05, 3.63) is 34.3 Å². The Hall–Kier alpha value is -1.69. The minimum Gasteiger partial charge on any atom is -0.408 e. The fourth-order valence-corrected chi connectivity index (χ4v) is 1.51. The number of H-pyrrole nitrogens is 1. The SMILES string of the molecule is CC(C)(N)C(F)(F)c1ccc2[nH]c(=O)oc2c1. The van der Waals surface area contributed by atoms with Crippen molar-refractivity contribution in [1.82, 2.24) is 4.98 Å². The highest BCUT2D eigenvalue weighted by Gasteiger charge is 2.45. The van der Waals surface area contributed by atoms with Crippen LogP contribution in [0, 0.1) is 0 Å². The van der Waals surface area contributed by atoms with Crippen molar-refractivity contribution in [2.24, 2.45) is 5.73 Å². The van der Waals surface area contributed by atoms with E-state index < -0.39 is 17.2 Å². The van der Waals surface area contributed by atoms with Gasteiger partial charge in [0.1, 0.15) is 0 Å². The van der Waals surface area contributed by atoms with Gasteiger partial charge in [-0.05, 0) is 26.0 Å². The molecule has 6 heteroatoms. The number of aromatic amines is 1. The fourth-order valence-electron chi connectivity index (χ4n) is 1.51. The van der Waals surface area contributed by atoms with Crippen LogP contribution in [-0.2, 0) is 5.92 Å². The summed E-state index contributed by atoms with van der Waals surface area (Å²) >= 11 is 0. The summed E-state index contributed by atoms with van der Waals surface area (Å²) in [5, 5.41) is 0. The number of nitrogens with one attached hydrogen (secondary N) is 1. The maximum Gasteiger partial charge on any atom is 0.417 e. The van der Waals surface area contributed by atoms with E-state index in [0.717, 1.165) is 6.07 Å². The van der Waals surface area contributed by atoms with Gasteiger partial charge >= 0.3 is 5.76 Å². The van der Waals surface area contributed by atoms with Crippen LogP contribution in [0.4, 0.5) is 8.78 Å². The standard InChI is InChI=1S/C11H12F2N2O2/c1-10(2,14)11(12,13)6-3-4-7-8(5-6)17-9(16)15-7/h3-5H,14H2,1-2H3,(H,15,16). The third-order valence-electron chi connectivity index (χ3n) is 2.59. The molecule has 3 N–H and O–H groups in total. The Balaban J connectivity index is 2.60. The molecule has 0 aliphatic heterocycles. The van der Waals surface area contributed by atoms with E-state index >= 15 is 0 Å². The van der Waals surface area contributed by atoms with Crippen molar-refractivity contribution >= 4 is 11.1 Å². The second-order valence-electron chi connectivity index (χ2n) is 4.52. The first-order valence-corrected chi connectivity index (χ1v) is 5.02. The van der Waals surface area contributed by atoms with Crippen LogP contribution in [0.5, 0.6) is 0 Å². The third-order valence-corrected chi connectivity index (χ3v) is 2.59. The predicted octanol–water partition coefficient (Wildman–Crippen LogP) is 1.95. The highest BCUT2D eigenvalue weighted by Crippen LogP contribution is 2.37. The average molecular weight is 242 g/mol. The average Bonchev–Trinajstić information content (AvgIpc) is 2.54. The van der Waals surface area contributed by atoms with E-state index in [0.29, 0.717) is 5.52 Å². The van der Waals surface area contributed by atoms with Crippen molar-refractivity contribution in [3.8, 4) is 0 Å². The second-order valence-corrected chi connectivity index (χ2v) is 4.52. The zero-order valence-electron chi connectivity index (χ0n) is 9.38. The number of hydrogen-bond acceptors (Lipinski definition) is 3. The summed E-state index contributed by atoms with van der Waals surface area (Å²) < 4.78 is 32.6. The van der Waals surface area contributed by atoms with Gasteiger partial charge in [0.05, 0.1) is 11.1 Å². The lowest BCUT2D eigenvalue weighted by molar-refractivity contribution is -0.0672. The Morgan fingerprint density at radius 3 is 2.59 bits per heavy atom. The van der Waals surface area contributed by atoms with Crippen LogP contribution in [0.25, 0.3) is 11.1 Å². The minimum absolute atomic E-state index is 0.0939. The van der Waals surface area contributed by atoms with Crippen molar-refractivity contribution in [1.29, 1.82) is 0 Å². The van der Waals surface area contributed by atoms with Gasteiger partial charge in [-0.2, -0.15) is 8.78 Å². The van der Waals surface area contributed by atoms with Gasteiger partial charge in [0, 0.05) is 5.56 Å². The van der Waals surface area contributed by atoms with Crippen LogP contribution in [0.1, 0.15) is 19.4 Å². The third kappa shape index (κ3) is 1.84. The summed E-state index contributed by atoms with van der Waals surface area (Å²) in [4.78, 5) is 13.3. The number of rotatable bonds is 2. The Kier molecular flexibility index (Phi) is 2.36. The monoisotopic (exact) mass is 242 g/mol. The van der Waals surface area contributed by atoms with Crippen molar-refractivity contribution < 1.29 is 13.2 Å². The topological polar surface area (TPSA) is 72.0 Å². The molecule has 0 bridgehead atoms. The van der Waals surface area contributed by atoms with Crippen LogP contribution in [0.3, 0.4) is 0 Å². The van der Waals surface area contributed by atoms with Gasteiger partial charge in [0.25, 0.3) is 5.92 Å². The van der Waals surface area contributed by atoms with Crippen molar-refractivity contribution in [3.63, 3.8) is 0 Å². The summed E-state index contributed by atoms with van der Waals surface area (Å²) in [5.41, 5.74) is 3.94. The lowest BCUT2D eigenvalue weighted by Crippen LogP contribution is -2.48. The zero-order chi connectivity index (χ0) is 12.8. The van der Waals surface area contributed by atoms with Crippen molar-refractivity contribution in [2.45, 2.75) is 25.3 Å². The molecule has 0 radical (unpaired) electrons. The molecule has 17 heavy (non-hydrogen) atoms. The van der Waals surface area contributed by atoms with Gasteiger partial charge < -0.3 is 10.2 Å². The molecular weight excluding hydrogens is 230 g/mol. The molecule has 0 saturated carbocycles. The number of halogens is 2. The number of alkyl halides is 2. The van der Waals surface area contributed by atoms with Crippen LogP contribution < -0.4 is 11.5 Å². The molecule has 0 saturated heterocycles. The summed E-state index contributed by atoms with van der Waals surface area (Å²) in [5.74, 6) is -3.88. The lowest BCUT2D eigenvalue weighted by atomic mass is 9.91. The molecule has 2 rings (SSSR count). The molecule has 92 valence electrons. The van der Waals surface area contributed by atoms with Gasteiger partial charge in [-0.1, -0.05) is 6.07 Å². The molecule has 1 aromatic heterocycles. The Morgan fingerprint density at radius 1 is 1.35 bits per heavy atom. The number of aromatic nitrogens is 1. The molecule has 0 aliphatic carbocycles. The number of fused-ring (bicyclic) bond motifs is 1. The molecule has 0 atom stereocenters. The van der Waals surface area contributed by atoms with E-state index in [4.69, 9.17) is 10.2 Å². The number of nitrogens with two attached hydrogens (primary N) is 1. The molecule has 0 amide bonds. The quantitative estimate of drug-likeness (QED) is 0.845. The number of hydrogen-bond donors (Lipinski definition) is 2. The first-order valence-electron chi connectivity index (χ1n) is 5.02. The maximum atomic E-state index is 13.9. The van der Waals surface area contributed by atoms with Gasteiger partial charge in [-0.25, -0.2) is 4.79 Å². The van der Waals surface area contributed by atoms with E-state index in [9.17, 15) is 13.6 Å². The molecule has 1 heterocycles. The molecule has 0 spiro atoms. The number of oxazole rings is 1. The van der Waals surface area contributed by atoms with E-state index in [1.807, 2.05) is 0 Å². The van der Waals surface area contributed by atoms with Gasteiger partial charge in [-0.3, -0.25) is 4.98 Å². The van der Waals surface area contributed by atoms with Crippen LogP contribution in [0.2, 0.25) is 0 Å². The largest absolute Gasteiger partial charge is 0.417 e. The van der Waals surface area contributed by atoms with Crippen LogP contribution in [0.15, 0.2) is 27.4 Å². The fraction of sp³-hybridized carbons (Fsp3) is 0.364. The Morgan fingerprint density at radius 2 is 2.00 bits per heavy atom. The van der Waals surface area contributed by atoms with E-state index in [-0.39, 0.29) is 11.1 Å². The molecule has 0 fully saturated rings. The lowest BCUT2D eigenvalue weighted by Gasteiger charge is -2.30. The van der Waals surface area contributed by atoms with Crippen LogP contribution >= 0.6 is 0 Å². The van der Waals surface area contributed by atoms with E-state index in [1.54, 1.807) is 0 Å². The Labute approximate surface area is 95.4 Å². The summed E-state index contributed by atoms with van der Waals surface area (Å²) in [6.07, 6.45) is 0. The summed E-state index contributed by atoms with van der Waals surface area (Å²) in [7, 11) is 0. The predicted molar refractivity (Wildman–Crippen MR) is 59.0 cm³/mol. The van der Waals surface area contributed by atoms with Gasteiger partial charge in [0.2, 0.25) is 0 Å². The first kappa shape index (κ1) is 11.8. The molecule has 0 aliphatic rings. The molecule has 4 nitrogen and oxygen atoms in total. The van der Waals surface area contributed by atoms with E-state index in [2.05, 4.69) is 4.98 Å². The van der Waals surface area contributed by atoms with Crippen LogP contribution in [-0.4, -0.2) is 10.5 Å².